The molecule has 31 heavy (non-hydrogen) atoms. The third-order valence-electron chi connectivity index (χ3n) is 5.48. The smallest absolute Gasteiger partial charge is 0.341 e. The van der Waals surface area contributed by atoms with Crippen LogP contribution in [0.3, 0.4) is 0 Å². The average Bonchev–Trinajstić information content (AvgIpc) is 3.39. The van der Waals surface area contributed by atoms with Gasteiger partial charge in [-0.25, -0.2) is 9.79 Å². The number of halogens is 1. The van der Waals surface area contributed by atoms with Crippen molar-refractivity contribution >= 4 is 47.2 Å². The van der Waals surface area contributed by atoms with E-state index in [1.807, 2.05) is 18.3 Å². The van der Waals surface area contributed by atoms with Gasteiger partial charge in [0.05, 0.1) is 7.11 Å². The fourth-order valence-electron chi connectivity index (χ4n) is 4.04. The van der Waals surface area contributed by atoms with Crippen LogP contribution in [0.2, 0.25) is 0 Å². The van der Waals surface area contributed by atoms with Gasteiger partial charge < -0.3 is 19.8 Å². The summed E-state index contributed by atoms with van der Waals surface area (Å²) in [5.41, 5.74) is 0.449. The Morgan fingerprint density at radius 2 is 2.23 bits per heavy atom. The zero-order valence-corrected chi connectivity index (χ0v) is 21.8. The number of aryl methyl sites for hydroxylation is 1. The van der Waals surface area contributed by atoms with Crippen LogP contribution >= 0.6 is 35.3 Å². The quantitative estimate of drug-likeness (QED) is 0.229. The lowest BCUT2D eigenvalue weighted by Gasteiger charge is -2.39. The van der Waals surface area contributed by atoms with Crippen LogP contribution in [0.25, 0.3) is 0 Å². The highest BCUT2D eigenvalue weighted by Gasteiger charge is 2.31. The van der Waals surface area contributed by atoms with Crippen LogP contribution < -0.4 is 10.6 Å². The molecule has 2 aromatic heterocycles. The van der Waals surface area contributed by atoms with Gasteiger partial charge in [0, 0.05) is 24.0 Å². The summed E-state index contributed by atoms with van der Waals surface area (Å²) in [7, 11) is 3.58. The number of piperidine rings is 1. The molecule has 3 heterocycles. The fraction of sp³-hybridized carbons (Fsp3) is 0.545. The largest absolute Gasteiger partial charge is 0.465 e. The van der Waals surface area contributed by atoms with Crippen LogP contribution in [-0.4, -0.2) is 50.6 Å². The Hall–Kier alpha value is -1.59. The standard InChI is InChI=1S/C22H32N4O3S.HI/c1-5-23-22(25-14-17-12-18(15(2)29-17)21(27)28-4)24-13-16-8-6-10-26(3)20(16)19-9-7-11-30-19;/h7,9,11-12,16,20H,5-6,8,10,13-14H2,1-4H3,(H2,23,24,25);1H. The van der Waals surface area contributed by atoms with Crippen molar-refractivity contribution in [1.29, 1.82) is 0 Å². The van der Waals surface area contributed by atoms with Gasteiger partial charge >= 0.3 is 5.97 Å². The molecule has 9 heteroatoms. The average molecular weight is 561 g/mol. The van der Waals surface area contributed by atoms with Gasteiger partial charge in [-0.3, -0.25) is 4.90 Å². The van der Waals surface area contributed by atoms with Crippen LogP contribution in [-0.2, 0) is 11.3 Å². The third-order valence-corrected chi connectivity index (χ3v) is 6.43. The normalized spacial score (nSPS) is 19.5. The Kier molecular flexibility index (Phi) is 10.3. The zero-order valence-electron chi connectivity index (χ0n) is 18.6. The number of furan rings is 1. The summed E-state index contributed by atoms with van der Waals surface area (Å²) in [4.78, 5) is 20.3. The van der Waals surface area contributed by atoms with Crippen LogP contribution in [0, 0.1) is 12.8 Å². The lowest BCUT2D eigenvalue weighted by molar-refractivity contribution is 0.0599. The summed E-state index contributed by atoms with van der Waals surface area (Å²) in [5, 5.41) is 8.97. The number of likely N-dealkylation sites (tertiary alicyclic amines) is 1. The minimum absolute atomic E-state index is 0. The highest BCUT2D eigenvalue weighted by atomic mass is 127. The molecule has 0 spiro atoms. The van der Waals surface area contributed by atoms with Crippen LogP contribution in [0.5, 0.6) is 0 Å². The van der Waals surface area contributed by atoms with E-state index in [0.717, 1.165) is 25.6 Å². The molecule has 0 bridgehead atoms. The number of ether oxygens (including phenoxy) is 1. The molecule has 0 saturated carbocycles. The Morgan fingerprint density at radius 3 is 2.90 bits per heavy atom. The van der Waals surface area contributed by atoms with E-state index in [9.17, 15) is 4.79 Å². The summed E-state index contributed by atoms with van der Waals surface area (Å²) in [6.45, 7) is 6.91. The maximum atomic E-state index is 11.8. The van der Waals surface area contributed by atoms with Crippen molar-refractivity contribution in [2.45, 2.75) is 39.3 Å². The van der Waals surface area contributed by atoms with Crippen molar-refractivity contribution in [3.05, 3.63) is 45.5 Å². The second-order valence-corrected chi connectivity index (χ2v) is 8.57. The molecule has 2 aromatic rings. The molecule has 2 atom stereocenters. The van der Waals surface area contributed by atoms with E-state index in [2.05, 4.69) is 45.1 Å². The molecule has 2 N–H and O–H groups in total. The van der Waals surface area contributed by atoms with Gasteiger partial charge in [0.25, 0.3) is 0 Å². The van der Waals surface area contributed by atoms with E-state index in [1.165, 1.54) is 24.8 Å². The predicted molar refractivity (Wildman–Crippen MR) is 135 cm³/mol. The number of guanidine groups is 1. The molecule has 0 radical (unpaired) electrons. The summed E-state index contributed by atoms with van der Waals surface area (Å²) >= 11 is 1.83. The topological polar surface area (TPSA) is 79.1 Å². The second kappa shape index (κ2) is 12.4. The molecular formula is C22H33IN4O3S. The number of esters is 1. The molecular weight excluding hydrogens is 527 g/mol. The highest BCUT2D eigenvalue weighted by molar-refractivity contribution is 14.0. The fourth-order valence-corrected chi connectivity index (χ4v) is 5.03. The number of nitrogens with one attached hydrogen (secondary N) is 2. The molecule has 3 rings (SSSR count). The molecule has 7 nitrogen and oxygen atoms in total. The van der Waals surface area contributed by atoms with Gasteiger partial charge in [-0.1, -0.05) is 6.07 Å². The van der Waals surface area contributed by atoms with Crippen molar-refractivity contribution in [3.63, 3.8) is 0 Å². The van der Waals surface area contributed by atoms with Crippen molar-refractivity contribution in [2.24, 2.45) is 10.9 Å². The van der Waals surface area contributed by atoms with Crippen molar-refractivity contribution < 1.29 is 13.9 Å². The number of hydrogen-bond acceptors (Lipinski definition) is 6. The van der Waals surface area contributed by atoms with Gasteiger partial charge in [0.2, 0.25) is 0 Å². The van der Waals surface area contributed by atoms with E-state index < -0.39 is 5.97 Å². The molecule has 1 fully saturated rings. The molecule has 0 aliphatic carbocycles. The molecule has 1 aliphatic rings. The van der Waals surface area contributed by atoms with E-state index in [4.69, 9.17) is 9.15 Å². The van der Waals surface area contributed by atoms with E-state index in [-0.39, 0.29) is 24.0 Å². The van der Waals surface area contributed by atoms with E-state index >= 15 is 0 Å². The lowest BCUT2D eigenvalue weighted by Crippen LogP contribution is -2.44. The third kappa shape index (κ3) is 6.69. The summed E-state index contributed by atoms with van der Waals surface area (Å²) in [6, 6.07) is 6.51. The monoisotopic (exact) mass is 560 g/mol. The molecule has 172 valence electrons. The number of nitrogens with zero attached hydrogens (tertiary/aromatic N) is 2. The maximum Gasteiger partial charge on any atom is 0.341 e. The first-order valence-electron chi connectivity index (χ1n) is 10.5. The Morgan fingerprint density at radius 1 is 1.42 bits per heavy atom. The lowest BCUT2D eigenvalue weighted by atomic mass is 9.88. The Balaban J connectivity index is 0.00000341. The zero-order chi connectivity index (χ0) is 21.5. The molecule has 0 amide bonds. The molecule has 2 unspecified atom stereocenters. The number of rotatable bonds is 7. The number of methoxy groups -OCH3 is 1. The van der Waals surface area contributed by atoms with Crippen LogP contribution in [0.1, 0.15) is 52.6 Å². The Labute approximate surface area is 205 Å². The Bertz CT molecular complexity index is 853. The van der Waals surface area contributed by atoms with Gasteiger partial charge in [-0.05, 0) is 63.7 Å². The summed E-state index contributed by atoms with van der Waals surface area (Å²) < 4.78 is 10.5. The summed E-state index contributed by atoms with van der Waals surface area (Å²) in [5.74, 6) is 2.07. The first kappa shape index (κ1) is 25.7. The number of thiophene rings is 1. The van der Waals surface area contributed by atoms with Gasteiger partial charge in [-0.2, -0.15) is 0 Å². The number of carbonyl (C=O) groups is 1. The van der Waals surface area contributed by atoms with Crippen LogP contribution in [0.4, 0.5) is 0 Å². The minimum atomic E-state index is -0.391. The number of carbonyl (C=O) groups excluding carboxylic acids is 1. The minimum Gasteiger partial charge on any atom is -0.465 e. The van der Waals surface area contributed by atoms with Gasteiger partial charge in [0.1, 0.15) is 23.6 Å². The first-order valence-corrected chi connectivity index (χ1v) is 11.3. The number of hydrogen-bond donors (Lipinski definition) is 2. The van der Waals surface area contributed by atoms with Crippen molar-refractivity contribution in [3.8, 4) is 0 Å². The summed E-state index contributed by atoms with van der Waals surface area (Å²) in [6.07, 6.45) is 2.40. The molecule has 1 aliphatic heterocycles. The maximum absolute atomic E-state index is 11.8. The highest BCUT2D eigenvalue weighted by Crippen LogP contribution is 2.36. The van der Waals surface area contributed by atoms with E-state index in [1.54, 1.807) is 13.0 Å². The first-order chi connectivity index (χ1) is 14.5. The second-order valence-electron chi connectivity index (χ2n) is 7.59. The predicted octanol–water partition coefficient (Wildman–Crippen LogP) is 4.19. The van der Waals surface area contributed by atoms with Gasteiger partial charge in [0.15, 0.2) is 5.96 Å². The van der Waals surface area contributed by atoms with Crippen molar-refractivity contribution in [1.82, 2.24) is 15.5 Å². The number of aliphatic imine (C=N–C) groups is 1. The van der Waals surface area contributed by atoms with Crippen molar-refractivity contribution in [2.75, 3.05) is 33.8 Å². The van der Waals surface area contributed by atoms with Crippen LogP contribution in [0.15, 0.2) is 33.0 Å². The SMILES string of the molecule is CCNC(=NCc1cc(C(=O)OC)c(C)o1)NCC1CCCN(C)C1c1cccs1.I. The molecule has 1 saturated heterocycles. The molecule has 0 aromatic carbocycles. The van der Waals surface area contributed by atoms with E-state index in [0.29, 0.717) is 35.6 Å². The van der Waals surface area contributed by atoms with Gasteiger partial charge in [-0.15, -0.1) is 35.3 Å².